The van der Waals surface area contributed by atoms with Gasteiger partial charge in [-0.3, -0.25) is 4.79 Å². The molecule has 0 fully saturated rings. The molecular weight excluding hydrogens is 338 g/mol. The minimum Gasteiger partial charge on any atom is -0.461 e. The number of furan rings is 1. The summed E-state index contributed by atoms with van der Waals surface area (Å²) in [6.07, 6.45) is 2.87. The van der Waals surface area contributed by atoms with E-state index in [1.54, 1.807) is 18.2 Å². The molecule has 0 saturated carbocycles. The predicted molar refractivity (Wildman–Crippen MR) is 76.9 cm³/mol. The Morgan fingerprint density at radius 3 is 2.76 bits per heavy atom. The summed E-state index contributed by atoms with van der Waals surface area (Å²) in [5.41, 5.74) is 0.625. The maximum atomic E-state index is 12.1. The molecule has 0 saturated heterocycles. The number of rotatable bonds is 3. The smallest absolute Gasteiger partial charge is 0.238 e. The molecule has 0 radical (unpaired) electrons. The third-order valence-electron chi connectivity index (χ3n) is 2.90. The minimum absolute atomic E-state index is 0.0236. The van der Waals surface area contributed by atoms with Crippen LogP contribution in [0.15, 0.2) is 45.0 Å². The molecule has 0 N–H and O–H groups in total. The highest BCUT2D eigenvalue weighted by Gasteiger charge is 2.18. The number of fused-ring (bicyclic) bond motifs is 1. The second-order valence-corrected chi connectivity index (χ2v) is 5.06. The van der Waals surface area contributed by atoms with Crippen molar-refractivity contribution in [2.24, 2.45) is 0 Å². The lowest BCUT2D eigenvalue weighted by Gasteiger charge is -2.03. The monoisotopic (exact) mass is 345 g/mol. The van der Waals surface area contributed by atoms with E-state index in [1.165, 1.54) is 18.4 Å². The lowest BCUT2D eigenvalue weighted by molar-refractivity contribution is 0.101. The number of nitriles is 1. The Hall–Kier alpha value is -2.52. The molecular formula is C15H8BrNO4. The average Bonchev–Trinajstić information content (AvgIpc) is 3.14. The van der Waals surface area contributed by atoms with E-state index in [0.717, 1.165) is 0 Å². The molecule has 1 aromatic carbocycles. The van der Waals surface area contributed by atoms with Crippen molar-refractivity contribution in [2.45, 2.75) is 0 Å². The second-order valence-electron chi connectivity index (χ2n) is 4.20. The largest absolute Gasteiger partial charge is 0.461 e. The van der Waals surface area contributed by atoms with E-state index in [0.29, 0.717) is 21.5 Å². The summed E-state index contributed by atoms with van der Waals surface area (Å²) in [6.45, 7) is 0.158. The van der Waals surface area contributed by atoms with Crippen molar-refractivity contribution < 1.29 is 18.7 Å². The normalized spacial score (nSPS) is 13.0. The number of ketones is 1. The highest BCUT2D eigenvalue weighted by molar-refractivity contribution is 9.10. The number of ether oxygens (including phenoxy) is 2. The van der Waals surface area contributed by atoms with Crippen molar-refractivity contribution in [3.63, 3.8) is 0 Å². The van der Waals surface area contributed by atoms with Crippen LogP contribution in [0.3, 0.4) is 0 Å². The highest BCUT2D eigenvalue weighted by atomic mass is 79.9. The van der Waals surface area contributed by atoms with Crippen molar-refractivity contribution in [2.75, 3.05) is 6.79 Å². The van der Waals surface area contributed by atoms with E-state index in [9.17, 15) is 10.1 Å². The van der Waals surface area contributed by atoms with Gasteiger partial charge in [0, 0.05) is 4.47 Å². The van der Waals surface area contributed by atoms with Crippen LogP contribution in [0.2, 0.25) is 0 Å². The Balaban J connectivity index is 2.00. The molecule has 1 aliphatic rings. The van der Waals surface area contributed by atoms with E-state index in [1.807, 2.05) is 6.07 Å². The zero-order valence-corrected chi connectivity index (χ0v) is 12.2. The minimum atomic E-state index is -0.466. The van der Waals surface area contributed by atoms with Gasteiger partial charge in [-0.15, -0.1) is 0 Å². The molecule has 1 aliphatic heterocycles. The molecule has 5 nitrogen and oxygen atoms in total. The molecule has 0 unspecified atom stereocenters. The Morgan fingerprint density at radius 1 is 1.33 bits per heavy atom. The highest BCUT2D eigenvalue weighted by Crippen LogP contribution is 2.37. The molecule has 2 aromatic rings. The average molecular weight is 346 g/mol. The van der Waals surface area contributed by atoms with Crippen LogP contribution in [-0.2, 0) is 0 Å². The fraction of sp³-hybridized carbons (Fsp3) is 0.0667. The lowest BCUT2D eigenvalue weighted by Crippen LogP contribution is -2.00. The summed E-state index contributed by atoms with van der Waals surface area (Å²) in [5.74, 6) is 0.855. The van der Waals surface area contributed by atoms with E-state index in [-0.39, 0.29) is 18.1 Å². The number of carbonyl (C=O) groups is 1. The first-order valence-corrected chi connectivity index (χ1v) is 6.77. The number of allylic oxidation sites excluding steroid dienone is 1. The topological polar surface area (TPSA) is 72.5 Å². The standard InChI is InChI=1S/C15H8BrNO4/c16-11-6-14-13(20-8-21-14)5-9(11)4-10(7-17)15(18)12-2-1-3-19-12/h1-6H,8H2/b10-4+. The second kappa shape index (κ2) is 5.46. The van der Waals surface area contributed by atoms with E-state index >= 15 is 0 Å². The van der Waals surface area contributed by atoms with Crippen LogP contribution in [0.5, 0.6) is 11.5 Å². The summed E-state index contributed by atoms with van der Waals surface area (Å²) in [4.78, 5) is 12.1. The van der Waals surface area contributed by atoms with Gasteiger partial charge in [0.1, 0.15) is 11.6 Å². The number of benzene rings is 1. The van der Waals surface area contributed by atoms with Gasteiger partial charge in [-0.05, 0) is 35.9 Å². The van der Waals surface area contributed by atoms with Crippen LogP contribution in [-0.4, -0.2) is 12.6 Å². The van der Waals surface area contributed by atoms with Crippen LogP contribution in [0.4, 0.5) is 0 Å². The number of hydrogen-bond donors (Lipinski definition) is 0. The third kappa shape index (κ3) is 2.56. The summed E-state index contributed by atoms with van der Waals surface area (Å²) in [5, 5.41) is 9.19. The number of hydrogen-bond acceptors (Lipinski definition) is 5. The van der Waals surface area contributed by atoms with Gasteiger partial charge in [-0.25, -0.2) is 0 Å². The maximum Gasteiger partial charge on any atom is 0.238 e. The SMILES string of the molecule is N#C/C(=C\c1cc2c(cc1Br)OCO2)C(=O)c1ccco1. The molecule has 0 atom stereocenters. The number of Topliss-reactive ketones (excluding diaryl/α,β-unsaturated/α-hetero) is 1. The van der Waals surface area contributed by atoms with Crippen LogP contribution in [0.1, 0.15) is 16.1 Å². The zero-order valence-electron chi connectivity index (χ0n) is 10.6. The molecule has 21 heavy (non-hydrogen) atoms. The number of halogens is 1. The van der Waals surface area contributed by atoms with Crippen molar-refractivity contribution in [3.05, 3.63) is 51.9 Å². The van der Waals surface area contributed by atoms with Crippen LogP contribution < -0.4 is 9.47 Å². The molecule has 2 heterocycles. The van der Waals surface area contributed by atoms with Crippen molar-refractivity contribution in [3.8, 4) is 17.6 Å². The Bertz CT molecular complexity index is 772. The fourth-order valence-corrected chi connectivity index (χ4v) is 2.32. The van der Waals surface area contributed by atoms with Crippen LogP contribution in [0.25, 0.3) is 6.08 Å². The molecule has 0 bridgehead atoms. The predicted octanol–water partition coefficient (Wildman–Crippen LogP) is 3.56. The number of carbonyl (C=O) groups excluding carboxylic acids is 1. The molecule has 0 aliphatic carbocycles. The summed E-state index contributed by atoms with van der Waals surface area (Å²) in [6, 6.07) is 8.45. The van der Waals surface area contributed by atoms with Gasteiger partial charge < -0.3 is 13.9 Å². The van der Waals surface area contributed by atoms with Gasteiger partial charge in [0.2, 0.25) is 12.6 Å². The van der Waals surface area contributed by atoms with E-state index in [4.69, 9.17) is 13.9 Å². The summed E-state index contributed by atoms with van der Waals surface area (Å²) >= 11 is 3.38. The first-order valence-electron chi connectivity index (χ1n) is 5.98. The molecule has 0 spiro atoms. The lowest BCUT2D eigenvalue weighted by atomic mass is 10.1. The van der Waals surface area contributed by atoms with Gasteiger partial charge in [-0.2, -0.15) is 5.26 Å². The molecule has 1 aromatic heterocycles. The van der Waals surface area contributed by atoms with Crippen molar-refractivity contribution >= 4 is 27.8 Å². The fourth-order valence-electron chi connectivity index (χ4n) is 1.89. The molecule has 3 rings (SSSR count). The van der Waals surface area contributed by atoms with Crippen molar-refractivity contribution in [1.29, 1.82) is 5.26 Å². The first kappa shape index (κ1) is 13.5. The van der Waals surface area contributed by atoms with Gasteiger partial charge in [0.15, 0.2) is 17.3 Å². The number of nitrogens with zero attached hydrogens (tertiary/aromatic N) is 1. The Morgan fingerprint density at radius 2 is 2.10 bits per heavy atom. The van der Waals surface area contributed by atoms with Gasteiger partial charge in [-0.1, -0.05) is 15.9 Å². The molecule has 0 amide bonds. The summed E-state index contributed by atoms with van der Waals surface area (Å²) < 4.78 is 16.3. The first-order chi connectivity index (χ1) is 10.2. The van der Waals surface area contributed by atoms with Crippen LogP contribution in [0, 0.1) is 11.3 Å². The third-order valence-corrected chi connectivity index (χ3v) is 3.59. The van der Waals surface area contributed by atoms with Gasteiger partial charge in [0.25, 0.3) is 0 Å². The zero-order chi connectivity index (χ0) is 14.8. The van der Waals surface area contributed by atoms with E-state index in [2.05, 4.69) is 15.9 Å². The quantitative estimate of drug-likeness (QED) is 0.483. The molecule has 6 heteroatoms. The van der Waals surface area contributed by atoms with Crippen LogP contribution >= 0.6 is 15.9 Å². The Labute approximate surface area is 128 Å². The summed E-state index contributed by atoms with van der Waals surface area (Å²) in [7, 11) is 0. The van der Waals surface area contributed by atoms with Crippen molar-refractivity contribution in [1.82, 2.24) is 0 Å². The molecule has 104 valence electrons. The van der Waals surface area contributed by atoms with Gasteiger partial charge >= 0.3 is 0 Å². The Kier molecular flexibility index (Phi) is 3.50. The van der Waals surface area contributed by atoms with E-state index < -0.39 is 5.78 Å². The van der Waals surface area contributed by atoms with Gasteiger partial charge in [0.05, 0.1) is 6.26 Å². The maximum absolute atomic E-state index is 12.1.